The van der Waals surface area contributed by atoms with Crippen LogP contribution in [0.1, 0.15) is 66.5 Å². The van der Waals surface area contributed by atoms with Crippen molar-refractivity contribution in [2.75, 3.05) is 0 Å². The topological polar surface area (TPSA) is 18.5 Å². The van der Waals surface area contributed by atoms with Gasteiger partial charge >= 0.3 is 0 Å². The molecule has 0 spiro atoms. The van der Waals surface area contributed by atoms with E-state index in [0.29, 0.717) is 11.8 Å². The highest BCUT2D eigenvalue weighted by atomic mass is 16.5. The third kappa shape index (κ3) is 6.58. The molecule has 2 aromatic carbocycles. The predicted octanol–water partition coefficient (Wildman–Crippen LogP) is 7.33. The van der Waals surface area contributed by atoms with E-state index < -0.39 is 0 Å². The van der Waals surface area contributed by atoms with Gasteiger partial charge in [-0.05, 0) is 86.8 Å². The average Bonchev–Trinajstić information content (AvgIpc) is 2.56. The Morgan fingerprint density at radius 3 is 1.21 bits per heavy atom. The van der Waals surface area contributed by atoms with Gasteiger partial charge in [0.2, 0.25) is 0 Å². The van der Waals surface area contributed by atoms with Crippen LogP contribution in [0.15, 0.2) is 36.4 Å². The Kier molecular flexibility index (Phi) is 7.98. The second kappa shape index (κ2) is 10.0. The van der Waals surface area contributed by atoms with Crippen LogP contribution in [0.2, 0.25) is 0 Å². The van der Waals surface area contributed by atoms with Crippen molar-refractivity contribution in [2.24, 2.45) is 11.8 Å². The van der Waals surface area contributed by atoms with Crippen molar-refractivity contribution in [1.82, 2.24) is 0 Å². The van der Waals surface area contributed by atoms with Crippen molar-refractivity contribution in [3.05, 3.63) is 47.5 Å². The molecule has 0 aliphatic rings. The van der Waals surface area contributed by atoms with E-state index in [0.717, 1.165) is 24.3 Å². The normalized spacial score (nSPS) is 11.7. The molecular formula is C26H38O2. The lowest BCUT2D eigenvalue weighted by Gasteiger charge is -2.19. The lowest BCUT2D eigenvalue weighted by molar-refractivity contribution is 0.238. The molecule has 2 nitrogen and oxygen atoms in total. The molecule has 0 aliphatic heterocycles. The molecule has 0 fully saturated rings. The first-order valence-electron chi connectivity index (χ1n) is 10.7. The predicted molar refractivity (Wildman–Crippen MR) is 120 cm³/mol. The summed E-state index contributed by atoms with van der Waals surface area (Å²) in [5.41, 5.74) is 4.91. The summed E-state index contributed by atoms with van der Waals surface area (Å²) in [5.74, 6) is 3.20. The number of hydrogen-bond donors (Lipinski definition) is 0. The van der Waals surface area contributed by atoms with Gasteiger partial charge in [-0.2, -0.15) is 0 Å². The quantitative estimate of drug-likeness (QED) is 0.452. The molecule has 0 saturated carbocycles. The second-order valence-corrected chi connectivity index (χ2v) is 9.17. The van der Waals surface area contributed by atoms with Crippen LogP contribution in [-0.4, -0.2) is 12.2 Å². The molecule has 2 rings (SSSR count). The highest BCUT2D eigenvalue weighted by Crippen LogP contribution is 2.33. The number of hydrogen-bond acceptors (Lipinski definition) is 2. The van der Waals surface area contributed by atoms with Crippen molar-refractivity contribution in [3.8, 4) is 22.6 Å². The molecule has 0 atom stereocenters. The molecule has 0 radical (unpaired) electrons. The summed E-state index contributed by atoms with van der Waals surface area (Å²) in [6, 6.07) is 13.2. The van der Waals surface area contributed by atoms with E-state index in [2.05, 4.69) is 91.8 Å². The Labute approximate surface area is 172 Å². The molecule has 2 aromatic rings. The molecule has 0 unspecified atom stereocenters. The Morgan fingerprint density at radius 1 is 0.571 bits per heavy atom. The van der Waals surface area contributed by atoms with E-state index in [1.165, 1.54) is 22.3 Å². The van der Waals surface area contributed by atoms with Gasteiger partial charge in [0, 0.05) is 0 Å². The van der Waals surface area contributed by atoms with Gasteiger partial charge < -0.3 is 9.47 Å². The van der Waals surface area contributed by atoms with Crippen LogP contribution in [0.25, 0.3) is 11.1 Å². The van der Waals surface area contributed by atoms with Gasteiger partial charge in [0.1, 0.15) is 11.5 Å². The summed E-state index contributed by atoms with van der Waals surface area (Å²) >= 11 is 0. The Balaban J connectivity index is 2.44. The standard InChI is InChI=1S/C26H38O2/c1-17(2)13-23-11-9-21(15-25(23)27-19(5)6)22-10-12-24(14-18(3)4)26(16-22)28-20(7)8/h9-12,15-20H,13-14H2,1-8H3. The fourth-order valence-corrected chi connectivity index (χ4v) is 3.41. The van der Waals surface area contributed by atoms with Crippen LogP contribution in [-0.2, 0) is 12.8 Å². The zero-order chi connectivity index (χ0) is 20.8. The minimum atomic E-state index is 0.161. The second-order valence-electron chi connectivity index (χ2n) is 9.17. The maximum atomic E-state index is 6.15. The first kappa shape index (κ1) is 22.3. The van der Waals surface area contributed by atoms with Crippen molar-refractivity contribution < 1.29 is 9.47 Å². The van der Waals surface area contributed by atoms with Gasteiger partial charge in [0.05, 0.1) is 12.2 Å². The Hall–Kier alpha value is -1.96. The number of benzene rings is 2. The summed E-state index contributed by atoms with van der Waals surface area (Å²) < 4.78 is 12.3. The monoisotopic (exact) mass is 382 g/mol. The number of rotatable bonds is 9. The molecule has 0 aromatic heterocycles. The molecule has 2 heteroatoms. The van der Waals surface area contributed by atoms with Gasteiger partial charge in [0.15, 0.2) is 0 Å². The van der Waals surface area contributed by atoms with Gasteiger partial charge in [-0.1, -0.05) is 52.0 Å². The summed E-state index contributed by atoms with van der Waals surface area (Å²) in [5, 5.41) is 0. The van der Waals surface area contributed by atoms with Crippen LogP contribution >= 0.6 is 0 Å². The maximum absolute atomic E-state index is 6.15. The van der Waals surface area contributed by atoms with Crippen molar-refractivity contribution in [1.29, 1.82) is 0 Å². The van der Waals surface area contributed by atoms with Crippen molar-refractivity contribution in [3.63, 3.8) is 0 Å². The minimum absolute atomic E-state index is 0.161. The molecule has 154 valence electrons. The minimum Gasteiger partial charge on any atom is -0.491 e. The summed E-state index contributed by atoms with van der Waals surface area (Å²) in [4.78, 5) is 0. The maximum Gasteiger partial charge on any atom is 0.123 e. The smallest absolute Gasteiger partial charge is 0.123 e. The molecule has 0 amide bonds. The fourth-order valence-electron chi connectivity index (χ4n) is 3.41. The molecule has 0 N–H and O–H groups in total. The Morgan fingerprint density at radius 2 is 0.929 bits per heavy atom. The zero-order valence-corrected chi connectivity index (χ0v) is 19.0. The molecule has 0 bridgehead atoms. The van der Waals surface area contributed by atoms with E-state index in [9.17, 15) is 0 Å². The average molecular weight is 383 g/mol. The van der Waals surface area contributed by atoms with Crippen LogP contribution < -0.4 is 9.47 Å². The lowest BCUT2D eigenvalue weighted by Crippen LogP contribution is -2.09. The number of ether oxygens (including phenoxy) is 2. The van der Waals surface area contributed by atoms with Crippen LogP contribution in [0.3, 0.4) is 0 Å². The van der Waals surface area contributed by atoms with E-state index in [4.69, 9.17) is 9.47 Å². The first-order chi connectivity index (χ1) is 13.2. The van der Waals surface area contributed by atoms with Gasteiger partial charge in [0.25, 0.3) is 0 Å². The van der Waals surface area contributed by atoms with Gasteiger partial charge in [-0.15, -0.1) is 0 Å². The van der Waals surface area contributed by atoms with Crippen LogP contribution in [0, 0.1) is 11.8 Å². The summed E-state index contributed by atoms with van der Waals surface area (Å²) in [6.45, 7) is 17.3. The van der Waals surface area contributed by atoms with E-state index >= 15 is 0 Å². The zero-order valence-electron chi connectivity index (χ0n) is 19.0. The lowest BCUT2D eigenvalue weighted by atomic mass is 9.95. The van der Waals surface area contributed by atoms with E-state index in [1.807, 2.05) is 0 Å². The molecular weight excluding hydrogens is 344 g/mol. The Bertz CT molecular complexity index is 692. The summed E-state index contributed by atoms with van der Waals surface area (Å²) in [6.07, 6.45) is 2.37. The molecule has 28 heavy (non-hydrogen) atoms. The molecule has 0 aliphatic carbocycles. The molecule has 0 heterocycles. The van der Waals surface area contributed by atoms with Gasteiger partial charge in [-0.3, -0.25) is 0 Å². The largest absolute Gasteiger partial charge is 0.491 e. The third-order valence-corrected chi connectivity index (χ3v) is 4.45. The van der Waals surface area contributed by atoms with E-state index in [-0.39, 0.29) is 12.2 Å². The van der Waals surface area contributed by atoms with Crippen LogP contribution in [0.4, 0.5) is 0 Å². The molecule has 0 saturated heterocycles. The highest BCUT2D eigenvalue weighted by Gasteiger charge is 2.13. The van der Waals surface area contributed by atoms with Crippen LogP contribution in [0.5, 0.6) is 11.5 Å². The SMILES string of the molecule is CC(C)Cc1ccc(-c2ccc(CC(C)C)c(OC(C)C)c2)cc1OC(C)C. The summed E-state index contributed by atoms with van der Waals surface area (Å²) in [7, 11) is 0. The van der Waals surface area contributed by atoms with Gasteiger partial charge in [-0.25, -0.2) is 0 Å². The van der Waals surface area contributed by atoms with Crippen molar-refractivity contribution in [2.45, 2.75) is 80.4 Å². The van der Waals surface area contributed by atoms with E-state index in [1.54, 1.807) is 0 Å². The highest BCUT2D eigenvalue weighted by molar-refractivity contribution is 5.68. The fraction of sp³-hybridized carbons (Fsp3) is 0.538. The first-order valence-corrected chi connectivity index (χ1v) is 10.7. The van der Waals surface area contributed by atoms with Crippen molar-refractivity contribution >= 4 is 0 Å². The third-order valence-electron chi connectivity index (χ3n) is 4.45.